The van der Waals surface area contributed by atoms with Crippen LogP contribution in [0, 0.1) is 10.1 Å². The summed E-state index contributed by atoms with van der Waals surface area (Å²) in [5, 5.41) is 13.7. The van der Waals surface area contributed by atoms with Gasteiger partial charge in [-0.15, -0.1) is 0 Å². The summed E-state index contributed by atoms with van der Waals surface area (Å²) in [5.74, 6) is 0. The predicted molar refractivity (Wildman–Crippen MR) is 74.8 cm³/mol. The highest BCUT2D eigenvalue weighted by atomic mass is 16.6. The second-order valence-corrected chi connectivity index (χ2v) is 4.18. The molecule has 1 heterocycles. The van der Waals surface area contributed by atoms with E-state index in [0.717, 1.165) is 5.69 Å². The minimum atomic E-state index is -0.471. The fraction of sp³-hybridized carbons (Fsp3) is 0. The number of rotatable bonds is 3. The van der Waals surface area contributed by atoms with E-state index in [-0.39, 0.29) is 11.7 Å². The number of hydrogen-bond donors (Lipinski definition) is 2. The van der Waals surface area contributed by atoms with Gasteiger partial charge in [0.15, 0.2) is 5.58 Å². The van der Waals surface area contributed by atoms with Gasteiger partial charge >= 0.3 is 0 Å². The van der Waals surface area contributed by atoms with Gasteiger partial charge < -0.3 is 15.5 Å². The molecular weight excluding hydrogens is 260 g/mol. The van der Waals surface area contributed by atoms with Crippen molar-refractivity contribution in [2.45, 2.75) is 0 Å². The molecule has 0 saturated heterocycles. The third-order valence-electron chi connectivity index (χ3n) is 2.74. The molecule has 0 unspecified atom stereocenters. The molecule has 20 heavy (non-hydrogen) atoms. The van der Waals surface area contributed by atoms with Gasteiger partial charge in [0.25, 0.3) is 11.7 Å². The second kappa shape index (κ2) is 4.54. The Labute approximate surface area is 113 Å². The standard InChI is InChI=1S/C13H10N4O3/c14-8-1-3-9(4-2-8)15-13-16-11-7-10(17(18)19)5-6-12(11)20-13/h1-7H,14H2,(H,15,16). The van der Waals surface area contributed by atoms with Crippen molar-refractivity contribution in [3.63, 3.8) is 0 Å². The Kier molecular flexibility index (Phi) is 2.72. The molecule has 0 bridgehead atoms. The number of nitrogens with zero attached hydrogens (tertiary/aromatic N) is 2. The monoisotopic (exact) mass is 270 g/mol. The van der Waals surface area contributed by atoms with E-state index < -0.39 is 4.92 Å². The van der Waals surface area contributed by atoms with Gasteiger partial charge in [-0.3, -0.25) is 10.1 Å². The number of nitro benzene ring substituents is 1. The molecule has 0 amide bonds. The molecule has 1 aromatic heterocycles. The van der Waals surface area contributed by atoms with Gasteiger partial charge in [0.05, 0.1) is 4.92 Å². The Morgan fingerprint density at radius 3 is 2.65 bits per heavy atom. The van der Waals surface area contributed by atoms with Gasteiger partial charge in [0, 0.05) is 23.5 Å². The number of nitrogens with two attached hydrogens (primary N) is 1. The molecule has 0 atom stereocenters. The maximum Gasteiger partial charge on any atom is 0.300 e. The first-order valence-corrected chi connectivity index (χ1v) is 5.79. The molecular formula is C13H10N4O3. The zero-order valence-electron chi connectivity index (χ0n) is 10.2. The number of non-ortho nitro benzene ring substituents is 1. The predicted octanol–water partition coefficient (Wildman–Crippen LogP) is 3.06. The largest absolute Gasteiger partial charge is 0.423 e. The maximum absolute atomic E-state index is 10.7. The number of aromatic nitrogens is 1. The maximum atomic E-state index is 10.7. The van der Waals surface area contributed by atoms with Crippen molar-refractivity contribution in [3.8, 4) is 0 Å². The molecule has 0 spiro atoms. The van der Waals surface area contributed by atoms with Crippen LogP contribution in [-0.2, 0) is 0 Å². The van der Waals surface area contributed by atoms with Crippen LogP contribution in [0.2, 0.25) is 0 Å². The molecule has 2 aromatic carbocycles. The summed E-state index contributed by atoms with van der Waals surface area (Å²) < 4.78 is 5.46. The number of oxazole rings is 1. The Hall–Kier alpha value is -3.09. The molecule has 0 fully saturated rings. The molecule has 7 nitrogen and oxygen atoms in total. The Bertz CT molecular complexity index is 780. The molecule has 0 aliphatic heterocycles. The summed E-state index contributed by atoms with van der Waals surface area (Å²) in [6, 6.07) is 11.6. The van der Waals surface area contributed by atoms with Crippen LogP contribution in [0.3, 0.4) is 0 Å². The number of nitro groups is 1. The van der Waals surface area contributed by atoms with Crippen LogP contribution in [0.5, 0.6) is 0 Å². The van der Waals surface area contributed by atoms with Crippen LogP contribution in [0.25, 0.3) is 11.1 Å². The van der Waals surface area contributed by atoms with Gasteiger partial charge in [0.2, 0.25) is 0 Å². The van der Waals surface area contributed by atoms with Crippen LogP contribution >= 0.6 is 0 Å². The minimum Gasteiger partial charge on any atom is -0.423 e. The second-order valence-electron chi connectivity index (χ2n) is 4.18. The lowest BCUT2D eigenvalue weighted by Crippen LogP contribution is -1.91. The SMILES string of the molecule is Nc1ccc(Nc2nc3cc([N+](=O)[O-])ccc3o2)cc1. The van der Waals surface area contributed by atoms with Gasteiger partial charge in [-0.2, -0.15) is 4.98 Å². The van der Waals surface area contributed by atoms with E-state index >= 15 is 0 Å². The molecule has 3 aromatic rings. The highest BCUT2D eigenvalue weighted by Gasteiger charge is 2.11. The Balaban J connectivity index is 1.92. The van der Waals surface area contributed by atoms with E-state index in [1.54, 1.807) is 24.3 Å². The third kappa shape index (κ3) is 2.24. The van der Waals surface area contributed by atoms with E-state index in [4.69, 9.17) is 10.2 Å². The van der Waals surface area contributed by atoms with Crippen LogP contribution in [0.1, 0.15) is 0 Å². The topological polar surface area (TPSA) is 107 Å². The molecule has 0 radical (unpaired) electrons. The zero-order valence-corrected chi connectivity index (χ0v) is 10.2. The molecule has 100 valence electrons. The average Bonchev–Trinajstić information content (AvgIpc) is 2.82. The average molecular weight is 270 g/mol. The molecule has 3 N–H and O–H groups in total. The first kappa shape index (κ1) is 12.0. The van der Waals surface area contributed by atoms with Crippen LogP contribution in [0.4, 0.5) is 23.1 Å². The van der Waals surface area contributed by atoms with E-state index in [2.05, 4.69) is 10.3 Å². The summed E-state index contributed by atoms with van der Waals surface area (Å²) in [6.07, 6.45) is 0. The smallest absolute Gasteiger partial charge is 0.300 e. The lowest BCUT2D eigenvalue weighted by Gasteiger charge is -2.00. The number of anilines is 3. The highest BCUT2D eigenvalue weighted by molar-refractivity contribution is 5.78. The van der Waals surface area contributed by atoms with E-state index in [0.29, 0.717) is 16.8 Å². The quantitative estimate of drug-likeness (QED) is 0.430. The molecule has 0 saturated carbocycles. The lowest BCUT2D eigenvalue weighted by atomic mass is 10.3. The van der Waals surface area contributed by atoms with Gasteiger partial charge in [-0.1, -0.05) is 0 Å². The van der Waals surface area contributed by atoms with Crippen molar-refractivity contribution in [3.05, 3.63) is 52.6 Å². The molecule has 0 aliphatic carbocycles. The molecule has 7 heteroatoms. The number of fused-ring (bicyclic) bond motifs is 1. The highest BCUT2D eigenvalue weighted by Crippen LogP contribution is 2.25. The minimum absolute atomic E-state index is 0.0233. The first-order chi connectivity index (χ1) is 9.61. The number of nitrogen functional groups attached to an aromatic ring is 1. The van der Waals surface area contributed by atoms with Crippen molar-refractivity contribution in [1.29, 1.82) is 0 Å². The number of hydrogen-bond acceptors (Lipinski definition) is 6. The lowest BCUT2D eigenvalue weighted by molar-refractivity contribution is -0.384. The van der Waals surface area contributed by atoms with E-state index in [9.17, 15) is 10.1 Å². The van der Waals surface area contributed by atoms with Crippen molar-refractivity contribution >= 4 is 34.2 Å². The fourth-order valence-corrected chi connectivity index (χ4v) is 1.77. The molecule has 0 aliphatic rings. The van der Waals surface area contributed by atoms with Crippen LogP contribution in [-0.4, -0.2) is 9.91 Å². The number of benzene rings is 2. The summed E-state index contributed by atoms with van der Waals surface area (Å²) in [7, 11) is 0. The van der Waals surface area contributed by atoms with Gasteiger partial charge in [0.1, 0.15) is 5.52 Å². The number of nitrogens with one attached hydrogen (secondary N) is 1. The van der Waals surface area contributed by atoms with Crippen molar-refractivity contribution < 1.29 is 9.34 Å². The van der Waals surface area contributed by atoms with Crippen LogP contribution in [0.15, 0.2) is 46.9 Å². The van der Waals surface area contributed by atoms with Crippen LogP contribution < -0.4 is 11.1 Å². The van der Waals surface area contributed by atoms with E-state index in [1.165, 1.54) is 18.2 Å². The summed E-state index contributed by atoms with van der Waals surface area (Å²) in [4.78, 5) is 14.4. The van der Waals surface area contributed by atoms with Crippen molar-refractivity contribution in [2.24, 2.45) is 0 Å². The summed E-state index contributed by atoms with van der Waals surface area (Å²) >= 11 is 0. The normalized spacial score (nSPS) is 10.6. The van der Waals surface area contributed by atoms with Crippen molar-refractivity contribution in [2.75, 3.05) is 11.1 Å². The first-order valence-electron chi connectivity index (χ1n) is 5.79. The summed E-state index contributed by atoms with van der Waals surface area (Å²) in [6.45, 7) is 0. The Morgan fingerprint density at radius 1 is 1.20 bits per heavy atom. The van der Waals surface area contributed by atoms with Gasteiger partial charge in [-0.25, -0.2) is 0 Å². The summed E-state index contributed by atoms with van der Waals surface area (Å²) in [5.41, 5.74) is 7.90. The fourth-order valence-electron chi connectivity index (χ4n) is 1.77. The van der Waals surface area contributed by atoms with E-state index in [1.807, 2.05) is 0 Å². The van der Waals surface area contributed by atoms with Crippen molar-refractivity contribution in [1.82, 2.24) is 4.98 Å². The molecule has 3 rings (SSSR count). The van der Waals surface area contributed by atoms with Gasteiger partial charge in [-0.05, 0) is 30.3 Å². The Morgan fingerprint density at radius 2 is 1.95 bits per heavy atom. The zero-order chi connectivity index (χ0) is 14.1. The third-order valence-corrected chi connectivity index (χ3v) is 2.74.